The summed E-state index contributed by atoms with van der Waals surface area (Å²) in [5.41, 5.74) is 1.15. The summed E-state index contributed by atoms with van der Waals surface area (Å²) >= 11 is 3.35. The Morgan fingerprint density at radius 3 is 2.71 bits per heavy atom. The van der Waals surface area contributed by atoms with Crippen LogP contribution in [0, 0.1) is 0 Å². The summed E-state index contributed by atoms with van der Waals surface area (Å²) in [6, 6.07) is 3.07. The van der Waals surface area contributed by atoms with E-state index >= 15 is 0 Å². The Labute approximate surface area is 133 Å². The van der Waals surface area contributed by atoms with Crippen LogP contribution >= 0.6 is 15.9 Å². The minimum Gasteiger partial charge on any atom is -0.492 e. The number of nitrogens with two attached hydrogens (primary N) is 1. The van der Waals surface area contributed by atoms with Crippen LogP contribution < -0.4 is 9.88 Å². The van der Waals surface area contributed by atoms with Crippen LogP contribution in [0.25, 0.3) is 0 Å². The third kappa shape index (κ3) is 4.05. The molecule has 0 spiro atoms. The molecular formula is C14H18BrNO4S. The second-order valence-corrected chi connectivity index (χ2v) is 7.35. The molecule has 0 saturated heterocycles. The quantitative estimate of drug-likeness (QED) is 0.450. The number of benzene rings is 1. The summed E-state index contributed by atoms with van der Waals surface area (Å²) in [5, 5.41) is 6.14. The molecule has 7 heteroatoms. The average molecular weight is 376 g/mol. The monoisotopic (exact) mass is 375 g/mol. The Kier molecular flexibility index (Phi) is 5.40. The minimum atomic E-state index is -3.90. The fourth-order valence-electron chi connectivity index (χ4n) is 2.35. The topological polar surface area (TPSA) is 86.5 Å². The fraction of sp³-hybridized carbons (Fsp3) is 0.500. The van der Waals surface area contributed by atoms with Crippen LogP contribution in [0.4, 0.5) is 0 Å². The Morgan fingerprint density at radius 1 is 1.29 bits per heavy atom. The minimum absolute atomic E-state index is 0.0517. The van der Waals surface area contributed by atoms with Gasteiger partial charge < -0.3 is 4.74 Å². The second kappa shape index (κ2) is 6.89. The van der Waals surface area contributed by atoms with E-state index in [0.717, 1.165) is 30.2 Å². The largest absolute Gasteiger partial charge is 0.492 e. The van der Waals surface area contributed by atoms with Gasteiger partial charge in [0.05, 0.1) is 6.61 Å². The highest BCUT2D eigenvalue weighted by molar-refractivity contribution is 9.09. The highest BCUT2D eigenvalue weighted by atomic mass is 79.9. The van der Waals surface area contributed by atoms with Gasteiger partial charge >= 0.3 is 0 Å². The number of Topliss-reactive ketones (excluding diaryl/α,β-unsaturated/α-hetero) is 1. The smallest absolute Gasteiger partial charge is 0.241 e. The molecule has 0 bridgehead atoms. The lowest BCUT2D eigenvalue weighted by Gasteiger charge is -2.09. The van der Waals surface area contributed by atoms with E-state index < -0.39 is 10.0 Å². The maximum absolute atomic E-state index is 12.2. The van der Waals surface area contributed by atoms with Crippen LogP contribution in [0.15, 0.2) is 17.0 Å². The van der Waals surface area contributed by atoms with Gasteiger partial charge in [-0.05, 0) is 30.5 Å². The van der Waals surface area contributed by atoms with Crippen LogP contribution in [-0.2, 0) is 16.4 Å². The molecule has 0 amide bonds. The van der Waals surface area contributed by atoms with Gasteiger partial charge in [0.1, 0.15) is 10.6 Å². The molecule has 2 rings (SSSR count). The molecule has 1 aliphatic heterocycles. The van der Waals surface area contributed by atoms with E-state index in [1.165, 1.54) is 6.07 Å². The number of alkyl halides is 1. The molecule has 1 aliphatic rings. The van der Waals surface area contributed by atoms with Gasteiger partial charge in [-0.1, -0.05) is 22.4 Å². The number of sulfonamides is 1. The van der Waals surface area contributed by atoms with Crippen LogP contribution in [0.3, 0.4) is 0 Å². The Morgan fingerprint density at radius 2 is 2.05 bits per heavy atom. The Balaban J connectivity index is 2.23. The van der Waals surface area contributed by atoms with E-state index in [0.29, 0.717) is 30.8 Å². The molecule has 1 aromatic carbocycles. The number of fused-ring (bicyclic) bond motifs is 1. The first-order valence-electron chi connectivity index (χ1n) is 6.85. The molecule has 0 saturated carbocycles. The van der Waals surface area contributed by atoms with E-state index in [9.17, 15) is 13.2 Å². The molecule has 5 nitrogen and oxygen atoms in total. The number of halogens is 1. The molecule has 0 unspecified atom stereocenters. The van der Waals surface area contributed by atoms with Crippen molar-refractivity contribution >= 4 is 31.7 Å². The number of ether oxygens (including phenoxy) is 1. The van der Waals surface area contributed by atoms with Crippen molar-refractivity contribution in [3.05, 3.63) is 23.3 Å². The van der Waals surface area contributed by atoms with E-state index in [2.05, 4.69) is 15.9 Å². The standard InChI is InChI=1S/C14H18BrNO4S/c15-6-3-1-2-4-12(17)11-8-10-5-7-20-14(10)13(9-11)21(16,18)19/h8-9H,1-7H2,(H2,16,18,19). The van der Waals surface area contributed by atoms with E-state index in [1.54, 1.807) is 6.07 Å². The molecule has 21 heavy (non-hydrogen) atoms. The lowest BCUT2D eigenvalue weighted by atomic mass is 10.0. The SMILES string of the molecule is NS(=O)(=O)c1cc(C(=O)CCCCCBr)cc2c1OCC2. The van der Waals surface area contributed by atoms with Gasteiger partial charge in [0.15, 0.2) is 5.78 Å². The highest BCUT2D eigenvalue weighted by Crippen LogP contribution is 2.34. The summed E-state index contributed by atoms with van der Waals surface area (Å²) in [6.45, 7) is 0.417. The third-order valence-electron chi connectivity index (χ3n) is 3.42. The first-order chi connectivity index (χ1) is 9.93. The molecule has 1 aromatic rings. The number of hydrogen-bond donors (Lipinski definition) is 1. The maximum Gasteiger partial charge on any atom is 0.241 e. The van der Waals surface area contributed by atoms with Crippen molar-refractivity contribution in [2.24, 2.45) is 5.14 Å². The first kappa shape index (κ1) is 16.5. The summed E-state index contributed by atoms with van der Waals surface area (Å²) in [7, 11) is -3.90. The fourth-order valence-corrected chi connectivity index (χ4v) is 3.48. The van der Waals surface area contributed by atoms with Crippen LogP contribution in [0.1, 0.15) is 41.6 Å². The molecule has 0 radical (unpaired) electrons. The van der Waals surface area contributed by atoms with Crippen molar-refractivity contribution in [2.45, 2.75) is 37.0 Å². The summed E-state index contributed by atoms with van der Waals surface area (Å²) in [4.78, 5) is 12.1. The van der Waals surface area contributed by atoms with Crippen LogP contribution in [0.5, 0.6) is 5.75 Å². The number of carbonyl (C=O) groups excluding carboxylic acids is 1. The number of rotatable bonds is 7. The predicted molar refractivity (Wildman–Crippen MR) is 83.6 cm³/mol. The van der Waals surface area contributed by atoms with Gasteiger partial charge in [-0.3, -0.25) is 4.79 Å². The van der Waals surface area contributed by atoms with Gasteiger partial charge in [0, 0.05) is 23.7 Å². The van der Waals surface area contributed by atoms with Crippen molar-refractivity contribution in [1.82, 2.24) is 0 Å². The van der Waals surface area contributed by atoms with Crippen LogP contribution in [-0.4, -0.2) is 26.1 Å². The molecule has 0 aromatic heterocycles. The maximum atomic E-state index is 12.2. The molecule has 1 heterocycles. The average Bonchev–Trinajstić information content (AvgIpc) is 2.89. The van der Waals surface area contributed by atoms with Crippen molar-refractivity contribution in [3.63, 3.8) is 0 Å². The Hall–Kier alpha value is -0.920. The highest BCUT2D eigenvalue weighted by Gasteiger charge is 2.25. The lowest BCUT2D eigenvalue weighted by Crippen LogP contribution is -2.14. The molecule has 2 N–H and O–H groups in total. The number of unbranched alkanes of at least 4 members (excludes halogenated alkanes) is 2. The van der Waals surface area contributed by atoms with Crippen molar-refractivity contribution in [3.8, 4) is 5.75 Å². The van der Waals surface area contributed by atoms with Crippen molar-refractivity contribution in [2.75, 3.05) is 11.9 Å². The number of primary sulfonamides is 1. The summed E-state index contributed by atoms with van der Waals surface area (Å²) in [6.07, 6.45) is 3.79. The summed E-state index contributed by atoms with van der Waals surface area (Å²) in [5.74, 6) is 0.248. The molecule has 0 fully saturated rings. The van der Waals surface area contributed by atoms with E-state index in [4.69, 9.17) is 9.88 Å². The summed E-state index contributed by atoms with van der Waals surface area (Å²) < 4.78 is 28.6. The number of hydrogen-bond acceptors (Lipinski definition) is 4. The molecule has 0 atom stereocenters. The Bertz CT molecular complexity index is 643. The number of ketones is 1. The normalized spacial score (nSPS) is 13.8. The van der Waals surface area contributed by atoms with Gasteiger partial charge in [-0.2, -0.15) is 0 Å². The zero-order valence-corrected chi connectivity index (χ0v) is 14.0. The zero-order chi connectivity index (χ0) is 15.5. The van der Waals surface area contributed by atoms with Crippen LogP contribution in [0.2, 0.25) is 0 Å². The van der Waals surface area contributed by atoms with Crippen molar-refractivity contribution in [1.29, 1.82) is 0 Å². The first-order valence-corrected chi connectivity index (χ1v) is 9.52. The van der Waals surface area contributed by atoms with Gasteiger partial charge in [0.25, 0.3) is 0 Å². The molecule has 0 aliphatic carbocycles. The van der Waals surface area contributed by atoms with E-state index in [-0.39, 0.29) is 10.7 Å². The van der Waals surface area contributed by atoms with Gasteiger partial charge in [0.2, 0.25) is 10.0 Å². The van der Waals surface area contributed by atoms with Gasteiger partial charge in [-0.25, -0.2) is 13.6 Å². The molecular weight excluding hydrogens is 358 g/mol. The second-order valence-electron chi connectivity index (χ2n) is 5.03. The van der Waals surface area contributed by atoms with Gasteiger partial charge in [-0.15, -0.1) is 0 Å². The number of carbonyl (C=O) groups is 1. The van der Waals surface area contributed by atoms with Crippen molar-refractivity contribution < 1.29 is 17.9 Å². The lowest BCUT2D eigenvalue weighted by molar-refractivity contribution is 0.0979. The molecule has 116 valence electrons. The predicted octanol–water partition coefficient (Wildman–Crippen LogP) is 2.41. The van der Waals surface area contributed by atoms with E-state index in [1.807, 2.05) is 0 Å². The zero-order valence-electron chi connectivity index (χ0n) is 11.6. The third-order valence-corrected chi connectivity index (χ3v) is 4.89.